The van der Waals surface area contributed by atoms with Crippen LogP contribution in [0.3, 0.4) is 0 Å². The molecule has 0 unspecified atom stereocenters. The van der Waals surface area contributed by atoms with Gasteiger partial charge in [0.25, 0.3) is 5.91 Å². The molecule has 0 saturated heterocycles. The van der Waals surface area contributed by atoms with E-state index in [1.807, 2.05) is 17.5 Å². The van der Waals surface area contributed by atoms with E-state index in [0.717, 1.165) is 4.88 Å². The Morgan fingerprint density at radius 2 is 2.12 bits per heavy atom. The number of fused-ring (bicyclic) bond motifs is 1. The van der Waals surface area contributed by atoms with E-state index in [2.05, 4.69) is 27.5 Å². The van der Waals surface area contributed by atoms with Crippen molar-refractivity contribution >= 4 is 52.1 Å². The van der Waals surface area contributed by atoms with Crippen LogP contribution in [0.5, 0.6) is 5.75 Å². The van der Waals surface area contributed by atoms with Gasteiger partial charge in [-0.15, -0.1) is 11.3 Å². The number of aromatic amines is 1. The molecule has 2 amide bonds. The molecule has 0 spiro atoms. The van der Waals surface area contributed by atoms with Gasteiger partial charge in [0.1, 0.15) is 5.75 Å². The third-order valence-corrected chi connectivity index (χ3v) is 5.96. The molecule has 0 aliphatic carbocycles. The Labute approximate surface area is 199 Å². The number of H-pyrrole nitrogens is 1. The van der Waals surface area contributed by atoms with Crippen LogP contribution in [0, 0.1) is 11.8 Å². The zero-order valence-electron chi connectivity index (χ0n) is 18.2. The minimum atomic E-state index is -0.951. The van der Waals surface area contributed by atoms with Crippen LogP contribution in [0.25, 0.3) is 11.6 Å². The number of hydrogen-bond acceptors (Lipinski definition) is 5. The molecular weight excluding hydrogens is 454 g/mol. The summed E-state index contributed by atoms with van der Waals surface area (Å²) in [6, 6.07) is 8.90. The highest BCUT2D eigenvalue weighted by Crippen LogP contribution is 2.39. The molecule has 3 aromatic rings. The van der Waals surface area contributed by atoms with E-state index in [0.29, 0.717) is 39.5 Å². The second-order valence-corrected chi connectivity index (χ2v) is 8.41. The number of nitrogens with one attached hydrogen (secondary N) is 3. The van der Waals surface area contributed by atoms with E-state index in [-0.39, 0.29) is 31.1 Å². The predicted molar refractivity (Wildman–Crippen MR) is 131 cm³/mol. The third kappa shape index (κ3) is 5.03. The zero-order chi connectivity index (χ0) is 24.1. The van der Waals surface area contributed by atoms with Crippen molar-refractivity contribution in [3.63, 3.8) is 0 Å². The fourth-order valence-electron chi connectivity index (χ4n) is 3.55. The Kier molecular flexibility index (Phi) is 6.80. The lowest BCUT2D eigenvalue weighted by molar-refractivity contribution is -0.136. The Balaban J connectivity index is 1.76. The smallest absolute Gasteiger partial charge is 0.304 e. The fraction of sp³-hybridized carbons (Fsp3) is 0.160. The maximum absolute atomic E-state index is 12.8. The first-order chi connectivity index (χ1) is 16.5. The number of carboxylic acid groups (broad SMARTS) is 1. The van der Waals surface area contributed by atoms with Gasteiger partial charge >= 0.3 is 5.97 Å². The number of thiophene rings is 1. The monoisotopic (exact) mass is 475 g/mol. The normalized spacial score (nSPS) is 13.1. The van der Waals surface area contributed by atoms with Gasteiger partial charge in [-0.25, -0.2) is 0 Å². The maximum Gasteiger partial charge on any atom is 0.304 e. The number of carbonyl (C=O) groups excluding carboxylic acids is 2. The van der Waals surface area contributed by atoms with E-state index < -0.39 is 5.97 Å². The summed E-state index contributed by atoms with van der Waals surface area (Å²) in [5, 5.41) is 16.6. The maximum atomic E-state index is 12.8. The van der Waals surface area contributed by atoms with E-state index in [9.17, 15) is 14.4 Å². The van der Waals surface area contributed by atoms with Crippen LogP contribution in [-0.4, -0.2) is 35.0 Å². The third-order valence-electron chi connectivity index (χ3n) is 5.08. The average Bonchev–Trinajstić information content (AvgIpc) is 3.53. The molecule has 1 aliphatic heterocycles. The summed E-state index contributed by atoms with van der Waals surface area (Å²) < 4.78 is 5.33. The molecule has 9 heteroatoms. The van der Waals surface area contributed by atoms with Crippen molar-refractivity contribution in [1.82, 2.24) is 4.98 Å². The number of rotatable bonds is 7. The van der Waals surface area contributed by atoms with Gasteiger partial charge < -0.3 is 25.5 Å². The summed E-state index contributed by atoms with van der Waals surface area (Å²) in [4.78, 5) is 40.4. The standard InChI is InChI=1S/C25H21N3O5S/c1-33-21-10-11-26-20(21)14-17-24-16(6-2-3-7-23(30)31)18(8-9-19(24)28-25(17)32)27-22(29)13-15-5-4-12-34-15/h4-5,8-12,14,26H,3,7,13H2,1H3,(H,27,29)(H,28,32)(H,30,31)/b17-14-. The molecule has 0 fully saturated rings. The fourth-order valence-corrected chi connectivity index (χ4v) is 4.25. The summed E-state index contributed by atoms with van der Waals surface area (Å²) in [6.07, 6.45) is 3.60. The van der Waals surface area contributed by atoms with Gasteiger partial charge in [-0.3, -0.25) is 14.4 Å². The SMILES string of the molecule is COc1cc[nH]c1/C=C1\C(=O)Nc2ccc(NC(=O)Cc3cccs3)c(C#CCCC(=O)O)c21. The lowest BCUT2D eigenvalue weighted by Gasteiger charge is -2.11. The molecule has 4 N–H and O–H groups in total. The van der Waals surface area contributed by atoms with Crippen molar-refractivity contribution in [2.24, 2.45) is 0 Å². The average molecular weight is 476 g/mol. The van der Waals surface area contributed by atoms with Crippen molar-refractivity contribution in [2.75, 3.05) is 17.7 Å². The Bertz CT molecular complexity index is 1340. The Morgan fingerprint density at radius 1 is 1.26 bits per heavy atom. The molecule has 1 aliphatic rings. The van der Waals surface area contributed by atoms with Crippen LogP contribution in [-0.2, 0) is 20.8 Å². The molecule has 0 atom stereocenters. The number of carboxylic acids is 1. The lowest BCUT2D eigenvalue weighted by Crippen LogP contribution is -2.15. The highest BCUT2D eigenvalue weighted by atomic mass is 32.1. The first kappa shape index (κ1) is 22.9. The highest BCUT2D eigenvalue weighted by molar-refractivity contribution is 7.10. The van der Waals surface area contributed by atoms with Crippen molar-refractivity contribution in [2.45, 2.75) is 19.3 Å². The van der Waals surface area contributed by atoms with Crippen molar-refractivity contribution in [1.29, 1.82) is 0 Å². The number of ether oxygens (including phenoxy) is 1. The second-order valence-electron chi connectivity index (χ2n) is 7.38. The summed E-state index contributed by atoms with van der Waals surface area (Å²) in [6.45, 7) is 0. The van der Waals surface area contributed by atoms with Crippen LogP contribution in [0.4, 0.5) is 11.4 Å². The Morgan fingerprint density at radius 3 is 2.85 bits per heavy atom. The topological polar surface area (TPSA) is 121 Å². The van der Waals surface area contributed by atoms with E-state index in [4.69, 9.17) is 9.84 Å². The van der Waals surface area contributed by atoms with Crippen LogP contribution in [0.1, 0.15) is 34.5 Å². The largest absolute Gasteiger partial charge is 0.495 e. The molecule has 34 heavy (non-hydrogen) atoms. The number of aliphatic carboxylic acids is 1. The van der Waals surface area contributed by atoms with Gasteiger partial charge in [-0.2, -0.15) is 0 Å². The van der Waals surface area contributed by atoms with Crippen LogP contribution in [0.2, 0.25) is 0 Å². The van der Waals surface area contributed by atoms with E-state index in [1.165, 1.54) is 18.4 Å². The van der Waals surface area contributed by atoms with Crippen LogP contribution < -0.4 is 15.4 Å². The number of methoxy groups -OCH3 is 1. The van der Waals surface area contributed by atoms with Gasteiger partial charge in [-0.1, -0.05) is 17.9 Å². The van der Waals surface area contributed by atoms with Crippen molar-refractivity contribution in [3.05, 3.63) is 63.6 Å². The van der Waals surface area contributed by atoms with Crippen LogP contribution >= 0.6 is 11.3 Å². The number of anilines is 2. The molecule has 0 bridgehead atoms. The summed E-state index contributed by atoms with van der Waals surface area (Å²) in [7, 11) is 1.54. The van der Waals surface area contributed by atoms with Crippen LogP contribution in [0.15, 0.2) is 41.9 Å². The molecule has 172 valence electrons. The lowest BCUT2D eigenvalue weighted by atomic mass is 9.97. The summed E-state index contributed by atoms with van der Waals surface area (Å²) >= 11 is 1.49. The van der Waals surface area contributed by atoms with E-state index in [1.54, 1.807) is 30.5 Å². The zero-order valence-corrected chi connectivity index (χ0v) is 19.0. The quantitative estimate of drug-likeness (QED) is 0.304. The van der Waals surface area contributed by atoms with E-state index >= 15 is 0 Å². The van der Waals surface area contributed by atoms with Gasteiger partial charge in [0.15, 0.2) is 0 Å². The van der Waals surface area contributed by atoms with Gasteiger partial charge in [0.2, 0.25) is 5.91 Å². The molecule has 2 aromatic heterocycles. The van der Waals surface area contributed by atoms with Crippen molar-refractivity contribution in [3.8, 4) is 17.6 Å². The second kappa shape index (κ2) is 10.1. The van der Waals surface area contributed by atoms with Crippen molar-refractivity contribution < 1.29 is 24.2 Å². The molecule has 8 nitrogen and oxygen atoms in total. The summed E-state index contributed by atoms with van der Waals surface area (Å²) in [5.41, 5.74) is 2.95. The molecule has 0 radical (unpaired) electrons. The number of amides is 2. The minimum Gasteiger partial charge on any atom is -0.495 e. The highest BCUT2D eigenvalue weighted by Gasteiger charge is 2.29. The minimum absolute atomic E-state index is 0.109. The predicted octanol–water partition coefficient (Wildman–Crippen LogP) is 3.98. The molecule has 1 aromatic carbocycles. The molecular formula is C25H21N3O5S. The molecule has 0 saturated carbocycles. The number of aromatic nitrogens is 1. The first-order valence-corrected chi connectivity index (χ1v) is 11.3. The van der Waals surface area contributed by atoms with Gasteiger partial charge in [0.05, 0.1) is 48.2 Å². The number of carbonyl (C=O) groups is 3. The number of benzene rings is 1. The Hall–Kier alpha value is -4.29. The first-order valence-electron chi connectivity index (χ1n) is 10.4. The number of hydrogen-bond donors (Lipinski definition) is 4. The summed E-state index contributed by atoms with van der Waals surface area (Å²) in [5.74, 6) is 4.94. The van der Waals surface area contributed by atoms with Gasteiger partial charge in [0, 0.05) is 23.1 Å². The molecule has 3 heterocycles. The molecule has 4 rings (SSSR count). The van der Waals surface area contributed by atoms with Gasteiger partial charge in [-0.05, 0) is 35.7 Å².